The first kappa shape index (κ1) is 18.0. The lowest BCUT2D eigenvalue weighted by molar-refractivity contribution is -0.131. The zero-order valence-electron chi connectivity index (χ0n) is 14.2. The van der Waals surface area contributed by atoms with Gasteiger partial charge in [-0.15, -0.1) is 0 Å². The maximum absolute atomic E-state index is 13.2. The van der Waals surface area contributed by atoms with Gasteiger partial charge in [-0.3, -0.25) is 9.59 Å². The van der Waals surface area contributed by atoms with Crippen molar-refractivity contribution in [2.24, 2.45) is 0 Å². The third-order valence-electron chi connectivity index (χ3n) is 4.25. The van der Waals surface area contributed by atoms with Gasteiger partial charge in [-0.25, -0.2) is 8.78 Å². The van der Waals surface area contributed by atoms with Gasteiger partial charge < -0.3 is 14.7 Å². The normalized spacial score (nSPS) is 17.2. The van der Waals surface area contributed by atoms with Gasteiger partial charge in [0.2, 0.25) is 11.8 Å². The molecule has 1 saturated heterocycles. The number of likely N-dealkylation sites (tertiary alicyclic amines) is 1. The molecule has 1 fully saturated rings. The Morgan fingerprint density at radius 2 is 2.15 bits per heavy atom. The first-order valence-electron chi connectivity index (χ1n) is 8.25. The molecule has 0 spiro atoms. The lowest BCUT2D eigenvalue weighted by Gasteiger charge is -2.31. The first-order valence-corrected chi connectivity index (χ1v) is 8.25. The molecule has 0 aliphatic carbocycles. The van der Waals surface area contributed by atoms with Crippen LogP contribution in [0.3, 0.4) is 0 Å². The highest BCUT2D eigenvalue weighted by Crippen LogP contribution is 2.25. The number of piperidine rings is 1. The summed E-state index contributed by atoms with van der Waals surface area (Å²) in [5.41, 5.74) is -0.0467. The van der Waals surface area contributed by atoms with E-state index in [1.54, 1.807) is 11.8 Å². The SMILES string of the molecule is Cc1noc(C2CCCN(C(=O)CNC(=O)c3ccc(F)c(F)c3)C2)n1. The molecule has 0 bridgehead atoms. The van der Waals surface area contributed by atoms with Gasteiger partial charge in [0.05, 0.1) is 12.5 Å². The third-order valence-corrected chi connectivity index (χ3v) is 4.25. The Morgan fingerprint density at radius 3 is 2.85 bits per heavy atom. The Bertz CT molecular complexity index is 824. The predicted octanol–water partition coefficient (Wildman–Crippen LogP) is 1.79. The number of aromatic nitrogens is 2. The Kier molecular flexibility index (Phi) is 5.24. The third kappa shape index (κ3) is 4.04. The number of nitrogens with zero attached hydrogens (tertiary/aromatic N) is 3. The largest absolute Gasteiger partial charge is 0.343 e. The van der Waals surface area contributed by atoms with Crippen LogP contribution in [0.25, 0.3) is 0 Å². The summed E-state index contributed by atoms with van der Waals surface area (Å²) in [4.78, 5) is 30.2. The molecule has 0 saturated carbocycles. The van der Waals surface area contributed by atoms with Crippen molar-refractivity contribution < 1.29 is 22.9 Å². The Balaban J connectivity index is 1.55. The van der Waals surface area contributed by atoms with E-state index in [4.69, 9.17) is 4.52 Å². The molecule has 1 aliphatic heterocycles. The molecule has 1 unspecified atom stereocenters. The molecule has 1 aromatic heterocycles. The zero-order valence-corrected chi connectivity index (χ0v) is 14.2. The van der Waals surface area contributed by atoms with Crippen molar-refractivity contribution in [2.75, 3.05) is 19.6 Å². The maximum atomic E-state index is 13.2. The van der Waals surface area contributed by atoms with Crippen molar-refractivity contribution in [3.05, 3.63) is 47.1 Å². The van der Waals surface area contributed by atoms with E-state index in [0.717, 1.165) is 31.0 Å². The van der Waals surface area contributed by atoms with Crippen LogP contribution in [0.15, 0.2) is 22.7 Å². The average Bonchev–Trinajstić information content (AvgIpc) is 3.08. The highest BCUT2D eigenvalue weighted by molar-refractivity contribution is 5.96. The number of rotatable bonds is 4. The summed E-state index contributed by atoms with van der Waals surface area (Å²) in [6.07, 6.45) is 1.63. The number of halogens is 2. The van der Waals surface area contributed by atoms with E-state index < -0.39 is 17.5 Å². The van der Waals surface area contributed by atoms with Gasteiger partial charge in [0.15, 0.2) is 17.5 Å². The standard InChI is InChI=1S/C17H18F2N4O3/c1-10-21-17(26-22-10)12-3-2-6-23(9-12)15(24)8-20-16(25)11-4-5-13(18)14(19)7-11/h4-5,7,12H,2-3,6,8-9H2,1H3,(H,20,25). The number of carbonyl (C=O) groups excluding carboxylic acids is 2. The Labute approximate surface area is 148 Å². The summed E-state index contributed by atoms with van der Waals surface area (Å²) >= 11 is 0. The minimum Gasteiger partial charge on any atom is -0.343 e. The molecular formula is C17H18F2N4O3. The Morgan fingerprint density at radius 1 is 1.35 bits per heavy atom. The highest BCUT2D eigenvalue weighted by atomic mass is 19.2. The fraction of sp³-hybridized carbons (Fsp3) is 0.412. The molecule has 0 radical (unpaired) electrons. The lowest BCUT2D eigenvalue weighted by atomic mass is 9.98. The van der Waals surface area contributed by atoms with Crippen LogP contribution >= 0.6 is 0 Å². The number of aryl methyl sites for hydroxylation is 1. The minimum absolute atomic E-state index is 0.0317. The molecule has 138 valence electrons. The molecule has 1 aromatic carbocycles. The second kappa shape index (κ2) is 7.59. The highest BCUT2D eigenvalue weighted by Gasteiger charge is 2.28. The number of nitrogens with one attached hydrogen (secondary N) is 1. The molecule has 1 aliphatic rings. The average molecular weight is 364 g/mol. The number of benzene rings is 1. The van der Waals surface area contributed by atoms with E-state index in [9.17, 15) is 18.4 Å². The van der Waals surface area contributed by atoms with Crippen molar-refractivity contribution >= 4 is 11.8 Å². The molecule has 3 rings (SSSR count). The zero-order chi connectivity index (χ0) is 18.7. The van der Waals surface area contributed by atoms with Gasteiger partial charge in [0.1, 0.15) is 0 Å². The van der Waals surface area contributed by atoms with Gasteiger partial charge in [0, 0.05) is 18.7 Å². The van der Waals surface area contributed by atoms with Crippen molar-refractivity contribution in [1.82, 2.24) is 20.4 Å². The van der Waals surface area contributed by atoms with Crippen LogP contribution in [-0.4, -0.2) is 46.5 Å². The van der Waals surface area contributed by atoms with Crippen LogP contribution < -0.4 is 5.32 Å². The van der Waals surface area contributed by atoms with Gasteiger partial charge in [0.25, 0.3) is 5.91 Å². The van der Waals surface area contributed by atoms with Crippen LogP contribution in [0.2, 0.25) is 0 Å². The van der Waals surface area contributed by atoms with Crippen molar-refractivity contribution in [3.8, 4) is 0 Å². The van der Waals surface area contributed by atoms with Crippen molar-refractivity contribution in [1.29, 1.82) is 0 Å². The summed E-state index contributed by atoms with van der Waals surface area (Å²) in [6.45, 7) is 2.50. The van der Waals surface area contributed by atoms with Crippen LogP contribution in [0.5, 0.6) is 0 Å². The fourth-order valence-corrected chi connectivity index (χ4v) is 2.89. The van der Waals surface area contributed by atoms with E-state index >= 15 is 0 Å². The van der Waals surface area contributed by atoms with Crippen LogP contribution in [0, 0.1) is 18.6 Å². The van der Waals surface area contributed by atoms with Gasteiger partial charge in [-0.1, -0.05) is 5.16 Å². The number of hydrogen-bond acceptors (Lipinski definition) is 5. The van der Waals surface area contributed by atoms with Gasteiger partial charge in [-0.05, 0) is 38.0 Å². The minimum atomic E-state index is -1.11. The molecule has 2 aromatic rings. The van der Waals surface area contributed by atoms with E-state index in [2.05, 4.69) is 15.5 Å². The molecule has 9 heteroatoms. The summed E-state index contributed by atoms with van der Waals surface area (Å²) in [6, 6.07) is 2.82. The van der Waals surface area contributed by atoms with Gasteiger partial charge >= 0.3 is 0 Å². The number of amides is 2. The predicted molar refractivity (Wildman–Crippen MR) is 86.3 cm³/mol. The first-order chi connectivity index (χ1) is 12.4. The molecule has 2 amide bonds. The second-order valence-corrected chi connectivity index (χ2v) is 6.17. The molecule has 26 heavy (non-hydrogen) atoms. The maximum Gasteiger partial charge on any atom is 0.251 e. The fourth-order valence-electron chi connectivity index (χ4n) is 2.89. The molecular weight excluding hydrogens is 346 g/mol. The molecule has 7 nitrogen and oxygen atoms in total. The number of hydrogen-bond donors (Lipinski definition) is 1. The van der Waals surface area contributed by atoms with E-state index in [-0.39, 0.29) is 23.9 Å². The smallest absolute Gasteiger partial charge is 0.251 e. The summed E-state index contributed by atoms with van der Waals surface area (Å²) in [5.74, 6) is -2.03. The van der Waals surface area contributed by atoms with Crippen molar-refractivity contribution in [2.45, 2.75) is 25.7 Å². The Hall–Kier alpha value is -2.84. The van der Waals surface area contributed by atoms with Crippen LogP contribution in [0.4, 0.5) is 8.78 Å². The number of carbonyl (C=O) groups is 2. The quantitative estimate of drug-likeness (QED) is 0.894. The summed E-state index contributed by atoms with van der Waals surface area (Å²) < 4.78 is 31.3. The van der Waals surface area contributed by atoms with Crippen molar-refractivity contribution in [3.63, 3.8) is 0 Å². The van der Waals surface area contributed by atoms with Gasteiger partial charge in [-0.2, -0.15) is 4.98 Å². The monoisotopic (exact) mass is 364 g/mol. The summed E-state index contributed by atoms with van der Waals surface area (Å²) in [7, 11) is 0. The molecule has 1 atom stereocenters. The topological polar surface area (TPSA) is 88.3 Å². The van der Waals surface area contributed by atoms with E-state index in [1.165, 1.54) is 0 Å². The molecule has 1 N–H and O–H groups in total. The van der Waals surface area contributed by atoms with Crippen LogP contribution in [-0.2, 0) is 4.79 Å². The molecule has 2 heterocycles. The van der Waals surface area contributed by atoms with E-state index in [0.29, 0.717) is 24.8 Å². The second-order valence-electron chi connectivity index (χ2n) is 6.17. The van der Waals surface area contributed by atoms with Crippen LogP contribution in [0.1, 0.15) is 40.8 Å². The lowest BCUT2D eigenvalue weighted by Crippen LogP contribution is -2.44. The summed E-state index contributed by atoms with van der Waals surface area (Å²) in [5, 5.41) is 6.19. The van der Waals surface area contributed by atoms with E-state index in [1.807, 2.05) is 0 Å².